The first-order valence-electron chi connectivity index (χ1n) is 6.67. The van der Waals surface area contributed by atoms with E-state index in [-0.39, 0.29) is 23.3 Å². The first-order chi connectivity index (χ1) is 9.04. The minimum Gasteiger partial charge on any atom is -0.395 e. The standard InChI is InChI=1S/C14H22N2O3/c1-4-12(5-2)15(8-9-17)13-7-6-11(3)10-14(13)16(18)19/h6-7,10,12,17H,4-5,8-9H2,1-3H3. The fourth-order valence-electron chi connectivity index (χ4n) is 2.36. The highest BCUT2D eigenvalue weighted by atomic mass is 16.6. The van der Waals surface area contributed by atoms with Crippen LogP contribution in [0.1, 0.15) is 32.3 Å². The number of aliphatic hydroxyl groups excluding tert-OH is 1. The molecule has 1 aromatic rings. The van der Waals surface area contributed by atoms with Gasteiger partial charge in [-0.25, -0.2) is 0 Å². The fraction of sp³-hybridized carbons (Fsp3) is 0.571. The van der Waals surface area contributed by atoms with Crippen molar-refractivity contribution >= 4 is 11.4 Å². The van der Waals surface area contributed by atoms with Gasteiger partial charge in [-0.1, -0.05) is 19.9 Å². The van der Waals surface area contributed by atoms with Crippen LogP contribution >= 0.6 is 0 Å². The van der Waals surface area contributed by atoms with Crippen LogP contribution in [0.3, 0.4) is 0 Å². The van der Waals surface area contributed by atoms with E-state index in [9.17, 15) is 15.2 Å². The summed E-state index contributed by atoms with van der Waals surface area (Å²) in [5, 5.41) is 20.4. The van der Waals surface area contributed by atoms with Gasteiger partial charge in [0, 0.05) is 18.7 Å². The van der Waals surface area contributed by atoms with E-state index >= 15 is 0 Å². The van der Waals surface area contributed by atoms with Crippen LogP contribution in [0.25, 0.3) is 0 Å². The molecule has 0 aromatic heterocycles. The predicted molar refractivity (Wildman–Crippen MR) is 76.6 cm³/mol. The Hall–Kier alpha value is -1.62. The van der Waals surface area contributed by atoms with Crippen LogP contribution in [-0.4, -0.2) is 29.2 Å². The number of aliphatic hydroxyl groups is 1. The third-order valence-corrected chi connectivity index (χ3v) is 3.36. The molecule has 0 aliphatic heterocycles. The molecule has 19 heavy (non-hydrogen) atoms. The SMILES string of the molecule is CCC(CC)N(CCO)c1ccc(C)cc1[N+](=O)[O-]. The number of aryl methyl sites for hydroxylation is 1. The van der Waals surface area contributed by atoms with Gasteiger partial charge in [0.2, 0.25) is 0 Å². The second-order valence-corrected chi connectivity index (χ2v) is 4.64. The van der Waals surface area contributed by atoms with E-state index in [0.29, 0.717) is 12.2 Å². The lowest BCUT2D eigenvalue weighted by atomic mass is 10.1. The first kappa shape index (κ1) is 15.4. The number of nitrogens with zero attached hydrogens (tertiary/aromatic N) is 2. The molecule has 0 aliphatic rings. The van der Waals surface area contributed by atoms with E-state index in [4.69, 9.17) is 0 Å². The summed E-state index contributed by atoms with van der Waals surface area (Å²) in [5.74, 6) is 0. The average molecular weight is 266 g/mol. The Morgan fingerprint density at radius 1 is 1.37 bits per heavy atom. The summed E-state index contributed by atoms with van der Waals surface area (Å²) in [6, 6.07) is 5.44. The maximum absolute atomic E-state index is 11.2. The molecule has 0 spiro atoms. The Labute approximate surface area is 114 Å². The largest absolute Gasteiger partial charge is 0.395 e. The first-order valence-corrected chi connectivity index (χ1v) is 6.67. The molecule has 0 amide bonds. The summed E-state index contributed by atoms with van der Waals surface area (Å²) in [5.41, 5.74) is 1.57. The highest BCUT2D eigenvalue weighted by Crippen LogP contribution is 2.31. The molecule has 0 radical (unpaired) electrons. The van der Waals surface area contributed by atoms with Crippen molar-refractivity contribution < 1.29 is 10.0 Å². The van der Waals surface area contributed by atoms with Crippen molar-refractivity contribution in [3.8, 4) is 0 Å². The van der Waals surface area contributed by atoms with E-state index in [1.165, 1.54) is 0 Å². The van der Waals surface area contributed by atoms with Gasteiger partial charge in [-0.15, -0.1) is 0 Å². The molecule has 106 valence electrons. The van der Waals surface area contributed by atoms with Crippen LogP contribution in [-0.2, 0) is 0 Å². The van der Waals surface area contributed by atoms with Gasteiger partial charge in [-0.3, -0.25) is 10.1 Å². The maximum Gasteiger partial charge on any atom is 0.292 e. The molecule has 0 saturated carbocycles. The Kier molecular flexibility index (Phi) is 5.76. The second-order valence-electron chi connectivity index (χ2n) is 4.64. The van der Waals surface area contributed by atoms with Gasteiger partial charge in [0.1, 0.15) is 5.69 Å². The van der Waals surface area contributed by atoms with Gasteiger partial charge < -0.3 is 10.0 Å². The van der Waals surface area contributed by atoms with Crippen LogP contribution in [0.4, 0.5) is 11.4 Å². The lowest BCUT2D eigenvalue weighted by molar-refractivity contribution is -0.384. The normalized spacial score (nSPS) is 10.8. The number of anilines is 1. The van der Waals surface area contributed by atoms with E-state index in [1.807, 2.05) is 17.9 Å². The smallest absolute Gasteiger partial charge is 0.292 e. The summed E-state index contributed by atoms with van der Waals surface area (Å²) in [6.07, 6.45) is 1.78. The molecular weight excluding hydrogens is 244 g/mol. The second kappa shape index (κ2) is 7.09. The van der Waals surface area contributed by atoms with Crippen LogP contribution < -0.4 is 4.90 Å². The van der Waals surface area contributed by atoms with Crippen LogP contribution in [0.5, 0.6) is 0 Å². The van der Waals surface area contributed by atoms with Crippen LogP contribution in [0.15, 0.2) is 18.2 Å². The van der Waals surface area contributed by atoms with Crippen LogP contribution in [0.2, 0.25) is 0 Å². The lowest BCUT2D eigenvalue weighted by Gasteiger charge is -2.31. The molecule has 5 heteroatoms. The number of hydrogen-bond acceptors (Lipinski definition) is 4. The quantitative estimate of drug-likeness (QED) is 0.608. The summed E-state index contributed by atoms with van der Waals surface area (Å²) >= 11 is 0. The van der Waals surface area contributed by atoms with Gasteiger partial charge in [0.25, 0.3) is 5.69 Å². The van der Waals surface area contributed by atoms with Crippen molar-refractivity contribution in [2.45, 2.75) is 39.7 Å². The van der Waals surface area contributed by atoms with E-state index < -0.39 is 0 Å². The van der Waals surface area contributed by atoms with Crippen molar-refractivity contribution in [1.29, 1.82) is 0 Å². The Morgan fingerprint density at radius 3 is 2.47 bits per heavy atom. The maximum atomic E-state index is 11.2. The minimum atomic E-state index is -0.352. The van der Waals surface area contributed by atoms with Crippen molar-refractivity contribution in [2.75, 3.05) is 18.1 Å². The molecule has 0 aliphatic carbocycles. The van der Waals surface area contributed by atoms with E-state index in [2.05, 4.69) is 13.8 Å². The zero-order chi connectivity index (χ0) is 14.4. The van der Waals surface area contributed by atoms with Crippen LogP contribution in [0, 0.1) is 17.0 Å². The average Bonchev–Trinajstić information content (AvgIpc) is 2.39. The summed E-state index contributed by atoms with van der Waals surface area (Å²) < 4.78 is 0. The molecule has 1 aromatic carbocycles. The zero-order valence-electron chi connectivity index (χ0n) is 11.8. The Morgan fingerprint density at radius 2 is 2.00 bits per heavy atom. The highest BCUT2D eigenvalue weighted by Gasteiger charge is 2.23. The van der Waals surface area contributed by atoms with Gasteiger partial charge in [-0.2, -0.15) is 0 Å². The van der Waals surface area contributed by atoms with Gasteiger partial charge in [0.15, 0.2) is 0 Å². The molecule has 0 fully saturated rings. The lowest BCUT2D eigenvalue weighted by Crippen LogP contribution is -2.37. The number of hydrogen-bond donors (Lipinski definition) is 1. The number of nitro benzene ring substituents is 1. The number of nitro groups is 1. The molecule has 0 atom stereocenters. The highest BCUT2D eigenvalue weighted by molar-refractivity contribution is 5.64. The van der Waals surface area contributed by atoms with Crippen molar-refractivity contribution in [1.82, 2.24) is 0 Å². The third kappa shape index (κ3) is 3.67. The monoisotopic (exact) mass is 266 g/mol. The molecule has 0 saturated heterocycles. The molecule has 5 nitrogen and oxygen atoms in total. The Balaban J connectivity index is 3.25. The Bertz CT molecular complexity index is 431. The summed E-state index contributed by atoms with van der Waals surface area (Å²) in [7, 11) is 0. The topological polar surface area (TPSA) is 66.6 Å². The molecular formula is C14H22N2O3. The summed E-state index contributed by atoms with van der Waals surface area (Å²) in [6.45, 7) is 6.35. The number of rotatable bonds is 7. The van der Waals surface area contributed by atoms with Gasteiger partial charge in [0.05, 0.1) is 11.5 Å². The van der Waals surface area contributed by atoms with Gasteiger partial charge in [-0.05, 0) is 31.4 Å². The number of benzene rings is 1. The molecule has 1 rings (SSSR count). The van der Waals surface area contributed by atoms with E-state index in [1.54, 1.807) is 12.1 Å². The van der Waals surface area contributed by atoms with Crippen molar-refractivity contribution in [2.24, 2.45) is 0 Å². The third-order valence-electron chi connectivity index (χ3n) is 3.36. The zero-order valence-corrected chi connectivity index (χ0v) is 11.8. The van der Waals surface area contributed by atoms with Crippen molar-refractivity contribution in [3.63, 3.8) is 0 Å². The molecule has 0 unspecified atom stereocenters. The molecule has 0 bridgehead atoms. The van der Waals surface area contributed by atoms with E-state index in [0.717, 1.165) is 18.4 Å². The van der Waals surface area contributed by atoms with Crippen molar-refractivity contribution in [3.05, 3.63) is 33.9 Å². The van der Waals surface area contributed by atoms with Gasteiger partial charge >= 0.3 is 0 Å². The molecule has 0 heterocycles. The summed E-state index contributed by atoms with van der Waals surface area (Å²) in [4.78, 5) is 12.8. The predicted octanol–water partition coefficient (Wildman–Crippen LogP) is 2.89. The minimum absolute atomic E-state index is 0.0124. The fourth-order valence-corrected chi connectivity index (χ4v) is 2.36. The molecule has 1 N–H and O–H groups in total.